The maximum Gasteiger partial charge on any atom is 0.0272 e. The SMILES string of the molecule is ON=S1SCC2=C1CCCC2. The predicted octanol–water partition coefficient (Wildman–Crippen LogP) is 2.67. The Balaban J connectivity index is 2.28. The van der Waals surface area contributed by atoms with Crippen molar-refractivity contribution >= 4 is 20.5 Å². The minimum Gasteiger partial charge on any atom is -0.261 e. The Morgan fingerprint density at radius 1 is 1.36 bits per heavy atom. The molecular formula is C7H11NOS2. The van der Waals surface area contributed by atoms with Gasteiger partial charge in [0.2, 0.25) is 0 Å². The molecule has 1 unspecified atom stereocenters. The van der Waals surface area contributed by atoms with Crippen LogP contribution in [0.2, 0.25) is 0 Å². The van der Waals surface area contributed by atoms with Crippen molar-refractivity contribution in [1.82, 2.24) is 0 Å². The highest BCUT2D eigenvalue weighted by Gasteiger charge is 2.23. The average Bonchev–Trinajstić information content (AvgIpc) is 2.47. The molecule has 0 saturated carbocycles. The van der Waals surface area contributed by atoms with Crippen LogP contribution < -0.4 is 0 Å². The van der Waals surface area contributed by atoms with Gasteiger partial charge in [0.15, 0.2) is 0 Å². The zero-order chi connectivity index (χ0) is 7.68. The van der Waals surface area contributed by atoms with Gasteiger partial charge in [-0.1, -0.05) is 15.3 Å². The topological polar surface area (TPSA) is 32.6 Å². The van der Waals surface area contributed by atoms with Crippen molar-refractivity contribution in [2.24, 2.45) is 4.53 Å². The Bertz CT molecular complexity index is 235. The summed E-state index contributed by atoms with van der Waals surface area (Å²) in [6.07, 6.45) is 5.05. The molecule has 2 aliphatic rings. The molecule has 0 fully saturated rings. The summed E-state index contributed by atoms with van der Waals surface area (Å²) < 4.78 is 3.40. The zero-order valence-corrected chi connectivity index (χ0v) is 7.88. The van der Waals surface area contributed by atoms with Crippen LogP contribution in [0.25, 0.3) is 0 Å². The van der Waals surface area contributed by atoms with Crippen molar-refractivity contribution in [1.29, 1.82) is 0 Å². The highest BCUT2D eigenvalue weighted by atomic mass is 33.1. The normalized spacial score (nSPS) is 31.2. The third-order valence-electron chi connectivity index (χ3n) is 2.16. The lowest BCUT2D eigenvalue weighted by atomic mass is 10.0. The van der Waals surface area contributed by atoms with Gasteiger partial charge in [-0.15, -0.1) is 0 Å². The molecule has 62 valence electrons. The van der Waals surface area contributed by atoms with Crippen molar-refractivity contribution in [2.75, 3.05) is 5.75 Å². The number of rotatable bonds is 0. The first-order valence-corrected chi connectivity index (χ1v) is 6.54. The van der Waals surface area contributed by atoms with Crippen LogP contribution in [-0.2, 0) is 9.72 Å². The minimum absolute atomic E-state index is 0.174. The second-order valence-electron chi connectivity index (χ2n) is 2.83. The van der Waals surface area contributed by atoms with Gasteiger partial charge < -0.3 is 0 Å². The van der Waals surface area contributed by atoms with Gasteiger partial charge in [0.1, 0.15) is 0 Å². The fraction of sp³-hybridized carbons (Fsp3) is 0.714. The van der Waals surface area contributed by atoms with Crippen LogP contribution >= 0.6 is 10.8 Å². The fourth-order valence-corrected chi connectivity index (χ4v) is 5.20. The van der Waals surface area contributed by atoms with E-state index in [1.165, 1.54) is 30.6 Å². The summed E-state index contributed by atoms with van der Waals surface area (Å²) in [6.45, 7) is 0. The lowest BCUT2D eigenvalue weighted by molar-refractivity contribution is 0.329. The molecule has 2 rings (SSSR count). The van der Waals surface area contributed by atoms with Gasteiger partial charge in [0, 0.05) is 20.4 Å². The van der Waals surface area contributed by atoms with Crippen LogP contribution in [0.15, 0.2) is 15.0 Å². The molecule has 1 atom stereocenters. The van der Waals surface area contributed by atoms with Crippen LogP contribution in [0, 0.1) is 0 Å². The zero-order valence-electron chi connectivity index (χ0n) is 6.25. The van der Waals surface area contributed by atoms with Crippen molar-refractivity contribution in [3.8, 4) is 0 Å². The molecule has 0 aromatic carbocycles. The molecule has 0 saturated heterocycles. The first-order valence-electron chi connectivity index (χ1n) is 3.85. The highest BCUT2D eigenvalue weighted by molar-refractivity contribution is 8.71. The largest absolute Gasteiger partial charge is 0.261 e. The van der Waals surface area contributed by atoms with Crippen molar-refractivity contribution in [2.45, 2.75) is 25.7 Å². The van der Waals surface area contributed by atoms with E-state index in [-0.39, 0.29) is 9.72 Å². The maximum absolute atomic E-state index is 8.69. The van der Waals surface area contributed by atoms with Crippen LogP contribution in [0.1, 0.15) is 25.7 Å². The van der Waals surface area contributed by atoms with E-state index in [9.17, 15) is 0 Å². The lowest BCUT2D eigenvalue weighted by Gasteiger charge is -2.11. The van der Waals surface area contributed by atoms with Crippen LogP contribution in [-0.4, -0.2) is 11.0 Å². The van der Waals surface area contributed by atoms with Gasteiger partial charge >= 0.3 is 0 Å². The molecule has 11 heavy (non-hydrogen) atoms. The molecule has 0 spiro atoms. The fourth-order valence-electron chi connectivity index (χ4n) is 1.57. The van der Waals surface area contributed by atoms with Crippen LogP contribution in [0.5, 0.6) is 0 Å². The van der Waals surface area contributed by atoms with E-state index in [1.807, 2.05) is 0 Å². The van der Waals surface area contributed by atoms with Gasteiger partial charge in [-0.05, 0) is 31.3 Å². The minimum atomic E-state index is -0.174. The Hall–Kier alpha value is 0.200. The number of hydrogen-bond acceptors (Lipinski definition) is 2. The molecule has 0 aromatic heterocycles. The van der Waals surface area contributed by atoms with E-state index in [4.69, 9.17) is 5.21 Å². The molecule has 1 N–H and O–H groups in total. The standard InChI is InChI=1S/C7H11NOS2/c9-8-11-7-4-2-1-3-6(7)5-10-11/h9H,1-5H2. The Morgan fingerprint density at radius 3 is 3.00 bits per heavy atom. The second-order valence-corrected chi connectivity index (χ2v) is 6.16. The second kappa shape index (κ2) is 3.29. The van der Waals surface area contributed by atoms with E-state index in [0.717, 1.165) is 5.75 Å². The summed E-state index contributed by atoms with van der Waals surface area (Å²) in [5.74, 6) is 1.11. The summed E-state index contributed by atoms with van der Waals surface area (Å²) in [6, 6.07) is 0. The molecule has 1 aliphatic carbocycles. The number of allylic oxidation sites excluding steroid dienone is 1. The molecule has 1 heterocycles. The Labute approximate surface area is 72.5 Å². The number of nitrogens with zero attached hydrogens (tertiary/aromatic N) is 1. The lowest BCUT2D eigenvalue weighted by Crippen LogP contribution is -1.97. The van der Waals surface area contributed by atoms with E-state index in [2.05, 4.69) is 4.53 Å². The summed E-state index contributed by atoms with van der Waals surface area (Å²) in [5.41, 5.74) is 1.57. The summed E-state index contributed by atoms with van der Waals surface area (Å²) in [5, 5.41) is 8.69. The van der Waals surface area contributed by atoms with Crippen LogP contribution in [0.4, 0.5) is 0 Å². The molecule has 4 heteroatoms. The Morgan fingerprint density at radius 2 is 2.18 bits per heavy atom. The first-order chi connectivity index (χ1) is 5.42. The molecule has 0 amide bonds. The van der Waals surface area contributed by atoms with Gasteiger partial charge in [0.25, 0.3) is 0 Å². The Kier molecular flexibility index (Phi) is 2.34. The third kappa shape index (κ3) is 1.39. The number of hydrogen-bond donors (Lipinski definition) is 1. The predicted molar refractivity (Wildman–Crippen MR) is 49.5 cm³/mol. The summed E-state index contributed by atoms with van der Waals surface area (Å²) in [7, 11) is 1.61. The van der Waals surface area contributed by atoms with Crippen molar-refractivity contribution in [3.63, 3.8) is 0 Å². The van der Waals surface area contributed by atoms with Gasteiger partial charge in [-0.25, -0.2) is 0 Å². The van der Waals surface area contributed by atoms with Crippen molar-refractivity contribution in [3.05, 3.63) is 10.5 Å². The quantitative estimate of drug-likeness (QED) is 0.469. The molecule has 0 radical (unpaired) electrons. The molecular weight excluding hydrogens is 178 g/mol. The van der Waals surface area contributed by atoms with Gasteiger partial charge in [0.05, 0.1) is 0 Å². The van der Waals surface area contributed by atoms with Crippen molar-refractivity contribution < 1.29 is 5.21 Å². The van der Waals surface area contributed by atoms with Gasteiger partial charge in [-0.2, -0.15) is 0 Å². The molecule has 0 bridgehead atoms. The summed E-state index contributed by atoms with van der Waals surface area (Å²) >= 11 is 0. The highest BCUT2D eigenvalue weighted by Crippen LogP contribution is 2.40. The van der Waals surface area contributed by atoms with E-state index in [1.54, 1.807) is 16.4 Å². The van der Waals surface area contributed by atoms with E-state index >= 15 is 0 Å². The monoisotopic (exact) mass is 189 g/mol. The molecule has 0 aromatic rings. The smallest absolute Gasteiger partial charge is 0.0272 e. The average molecular weight is 189 g/mol. The molecule has 2 nitrogen and oxygen atoms in total. The first kappa shape index (κ1) is 7.83. The maximum atomic E-state index is 8.69. The van der Waals surface area contributed by atoms with Gasteiger partial charge in [-0.3, -0.25) is 5.21 Å². The van der Waals surface area contributed by atoms with Crippen LogP contribution in [0.3, 0.4) is 0 Å². The summed E-state index contributed by atoms with van der Waals surface area (Å²) in [4.78, 5) is 1.45. The van der Waals surface area contributed by atoms with E-state index < -0.39 is 0 Å². The third-order valence-corrected chi connectivity index (χ3v) is 5.74. The molecule has 1 aliphatic heterocycles. The van der Waals surface area contributed by atoms with E-state index in [0.29, 0.717) is 0 Å².